The van der Waals surface area contributed by atoms with Gasteiger partial charge in [-0.05, 0) is 44.0 Å². The molecular formula is C15H24FNO. The first-order chi connectivity index (χ1) is 8.41. The van der Waals surface area contributed by atoms with Crippen molar-refractivity contribution in [2.75, 3.05) is 13.6 Å². The molecule has 18 heavy (non-hydrogen) atoms. The number of rotatable bonds is 6. The predicted octanol–water partition coefficient (Wildman–Crippen LogP) is 3.23. The maximum Gasteiger partial charge on any atom is 0.123 e. The number of hydrogen-bond acceptors (Lipinski definition) is 2. The molecule has 0 aliphatic rings. The van der Waals surface area contributed by atoms with E-state index in [0.717, 1.165) is 12.1 Å². The minimum Gasteiger partial charge on any atom is -0.388 e. The minimum absolute atomic E-state index is 0.267. The first-order valence-electron chi connectivity index (χ1n) is 6.55. The molecule has 1 rings (SSSR count). The van der Waals surface area contributed by atoms with Crippen molar-refractivity contribution >= 4 is 0 Å². The molecule has 0 aliphatic heterocycles. The van der Waals surface area contributed by atoms with Crippen LogP contribution < -0.4 is 0 Å². The molecule has 0 spiro atoms. The zero-order chi connectivity index (χ0) is 13.7. The van der Waals surface area contributed by atoms with E-state index < -0.39 is 6.10 Å². The van der Waals surface area contributed by atoms with E-state index in [9.17, 15) is 9.50 Å². The molecule has 2 nitrogen and oxygen atoms in total. The lowest BCUT2D eigenvalue weighted by Gasteiger charge is -2.28. The highest BCUT2D eigenvalue weighted by Crippen LogP contribution is 2.18. The maximum absolute atomic E-state index is 12.8. The molecule has 1 aromatic rings. The summed E-state index contributed by atoms with van der Waals surface area (Å²) in [7, 11) is 2.07. The van der Waals surface area contributed by atoms with Crippen LogP contribution in [-0.2, 0) is 0 Å². The molecular weight excluding hydrogens is 229 g/mol. The Morgan fingerprint density at radius 1 is 1.17 bits per heavy atom. The van der Waals surface area contributed by atoms with Crippen molar-refractivity contribution in [3.63, 3.8) is 0 Å². The van der Waals surface area contributed by atoms with E-state index >= 15 is 0 Å². The average Bonchev–Trinajstić information content (AvgIpc) is 2.35. The van der Waals surface area contributed by atoms with Gasteiger partial charge in [0.1, 0.15) is 5.82 Å². The smallest absolute Gasteiger partial charge is 0.123 e. The van der Waals surface area contributed by atoms with Crippen LogP contribution in [0.3, 0.4) is 0 Å². The second-order valence-electron chi connectivity index (χ2n) is 5.32. The molecule has 102 valence electrons. The summed E-state index contributed by atoms with van der Waals surface area (Å²) in [5, 5.41) is 10.0. The highest BCUT2D eigenvalue weighted by molar-refractivity contribution is 5.18. The van der Waals surface area contributed by atoms with Gasteiger partial charge in [0.05, 0.1) is 6.10 Å². The zero-order valence-corrected chi connectivity index (χ0v) is 11.7. The van der Waals surface area contributed by atoms with Gasteiger partial charge in [0.15, 0.2) is 0 Å². The Bertz CT molecular complexity index is 350. The van der Waals surface area contributed by atoms with Gasteiger partial charge in [0, 0.05) is 12.6 Å². The molecule has 0 bridgehead atoms. The second-order valence-corrected chi connectivity index (χ2v) is 5.32. The highest BCUT2D eigenvalue weighted by Gasteiger charge is 2.15. The predicted molar refractivity (Wildman–Crippen MR) is 72.9 cm³/mol. The summed E-state index contributed by atoms with van der Waals surface area (Å²) in [6, 6.07) is 6.56. The maximum atomic E-state index is 12.8. The van der Waals surface area contributed by atoms with Crippen molar-refractivity contribution in [2.45, 2.75) is 39.3 Å². The van der Waals surface area contributed by atoms with Crippen LogP contribution in [0, 0.1) is 11.7 Å². The molecule has 0 saturated heterocycles. The Kier molecular flexibility index (Phi) is 5.76. The van der Waals surface area contributed by atoms with Crippen LogP contribution in [0.4, 0.5) is 4.39 Å². The van der Waals surface area contributed by atoms with E-state index in [0.29, 0.717) is 18.4 Å². The van der Waals surface area contributed by atoms with Crippen LogP contribution in [0.1, 0.15) is 38.9 Å². The number of nitrogens with zero attached hydrogens (tertiary/aromatic N) is 1. The van der Waals surface area contributed by atoms with E-state index in [-0.39, 0.29) is 5.82 Å². The molecule has 0 saturated carbocycles. The Morgan fingerprint density at radius 2 is 1.72 bits per heavy atom. The number of aliphatic hydroxyl groups excluding tert-OH is 1. The topological polar surface area (TPSA) is 23.5 Å². The van der Waals surface area contributed by atoms with Crippen molar-refractivity contribution in [3.8, 4) is 0 Å². The van der Waals surface area contributed by atoms with Crippen molar-refractivity contribution in [2.24, 2.45) is 5.92 Å². The average molecular weight is 253 g/mol. The van der Waals surface area contributed by atoms with Crippen LogP contribution in [0.15, 0.2) is 24.3 Å². The van der Waals surface area contributed by atoms with Gasteiger partial charge in [-0.3, -0.25) is 0 Å². The molecule has 2 unspecified atom stereocenters. The third-order valence-corrected chi connectivity index (χ3v) is 3.67. The van der Waals surface area contributed by atoms with Crippen molar-refractivity contribution < 1.29 is 9.50 Å². The second kappa shape index (κ2) is 6.86. The van der Waals surface area contributed by atoms with E-state index in [1.54, 1.807) is 12.1 Å². The van der Waals surface area contributed by atoms with Crippen LogP contribution in [0.25, 0.3) is 0 Å². The molecule has 3 heteroatoms. The van der Waals surface area contributed by atoms with Crippen LogP contribution in [0.2, 0.25) is 0 Å². The minimum atomic E-state index is -0.521. The summed E-state index contributed by atoms with van der Waals surface area (Å²) in [5.41, 5.74) is 0.780. The summed E-state index contributed by atoms with van der Waals surface area (Å²) < 4.78 is 12.8. The fourth-order valence-corrected chi connectivity index (χ4v) is 1.89. The summed E-state index contributed by atoms with van der Waals surface area (Å²) in [5.74, 6) is 0.328. The molecule has 0 fully saturated rings. The largest absolute Gasteiger partial charge is 0.388 e. The van der Waals surface area contributed by atoms with Crippen LogP contribution >= 0.6 is 0 Å². The summed E-state index contributed by atoms with van der Waals surface area (Å²) in [4.78, 5) is 2.25. The van der Waals surface area contributed by atoms with Gasteiger partial charge >= 0.3 is 0 Å². The number of benzene rings is 1. The summed E-state index contributed by atoms with van der Waals surface area (Å²) in [6.45, 7) is 7.40. The molecule has 1 aromatic carbocycles. The number of hydrogen-bond donors (Lipinski definition) is 1. The Balaban J connectivity index is 2.46. The zero-order valence-electron chi connectivity index (χ0n) is 11.7. The summed E-state index contributed by atoms with van der Waals surface area (Å²) in [6.07, 6.45) is 0.145. The lowest BCUT2D eigenvalue weighted by atomic mass is 10.0. The van der Waals surface area contributed by atoms with E-state index in [4.69, 9.17) is 0 Å². The van der Waals surface area contributed by atoms with Crippen molar-refractivity contribution in [1.82, 2.24) is 4.90 Å². The van der Waals surface area contributed by atoms with Gasteiger partial charge in [-0.2, -0.15) is 0 Å². The first-order valence-corrected chi connectivity index (χ1v) is 6.55. The van der Waals surface area contributed by atoms with E-state index in [1.807, 2.05) is 0 Å². The molecule has 0 radical (unpaired) electrons. The molecule has 2 atom stereocenters. The van der Waals surface area contributed by atoms with Gasteiger partial charge in [-0.15, -0.1) is 0 Å². The Morgan fingerprint density at radius 3 is 2.22 bits per heavy atom. The fourth-order valence-electron chi connectivity index (χ4n) is 1.89. The highest BCUT2D eigenvalue weighted by atomic mass is 19.1. The SMILES string of the molecule is CC(C)C(C)N(C)CCC(O)c1ccc(F)cc1. The van der Waals surface area contributed by atoms with Gasteiger partial charge in [-0.1, -0.05) is 26.0 Å². The fraction of sp³-hybridized carbons (Fsp3) is 0.600. The lowest BCUT2D eigenvalue weighted by Crippen LogP contribution is -2.34. The lowest BCUT2D eigenvalue weighted by molar-refractivity contribution is 0.129. The third kappa shape index (κ3) is 4.39. The third-order valence-electron chi connectivity index (χ3n) is 3.67. The van der Waals surface area contributed by atoms with Crippen LogP contribution in [-0.4, -0.2) is 29.6 Å². The Labute approximate surface area is 109 Å². The van der Waals surface area contributed by atoms with E-state index in [1.165, 1.54) is 12.1 Å². The molecule has 0 aliphatic carbocycles. The van der Waals surface area contributed by atoms with Gasteiger partial charge in [0.2, 0.25) is 0 Å². The van der Waals surface area contributed by atoms with Crippen molar-refractivity contribution in [3.05, 3.63) is 35.6 Å². The summed E-state index contributed by atoms with van der Waals surface area (Å²) >= 11 is 0. The number of aliphatic hydroxyl groups is 1. The van der Waals surface area contributed by atoms with E-state index in [2.05, 4.69) is 32.7 Å². The van der Waals surface area contributed by atoms with Crippen molar-refractivity contribution in [1.29, 1.82) is 0 Å². The monoisotopic (exact) mass is 253 g/mol. The van der Waals surface area contributed by atoms with Gasteiger partial charge < -0.3 is 10.0 Å². The first kappa shape index (κ1) is 15.1. The normalized spacial score (nSPS) is 15.1. The molecule has 0 aromatic heterocycles. The molecule has 1 N–H and O–H groups in total. The van der Waals surface area contributed by atoms with Crippen LogP contribution in [0.5, 0.6) is 0 Å². The standard InChI is InChI=1S/C15H24FNO/c1-11(2)12(3)17(4)10-9-15(18)13-5-7-14(16)8-6-13/h5-8,11-12,15,18H,9-10H2,1-4H3. The molecule has 0 amide bonds. The number of halogens is 1. The van der Waals surface area contributed by atoms with Gasteiger partial charge in [-0.25, -0.2) is 4.39 Å². The quantitative estimate of drug-likeness (QED) is 0.841. The van der Waals surface area contributed by atoms with Gasteiger partial charge in [0.25, 0.3) is 0 Å². The molecule has 0 heterocycles. The Hall–Kier alpha value is -0.930.